The molecule has 0 aliphatic heterocycles. The van der Waals surface area contributed by atoms with Gasteiger partial charge in [-0.1, -0.05) is 0 Å². The maximum absolute atomic E-state index is 9.25. The number of hydrogen-bond acceptors (Lipinski definition) is 12. The second-order valence-corrected chi connectivity index (χ2v) is 5.67. The predicted octanol–water partition coefficient (Wildman–Crippen LogP) is -7.61. The molecule has 17 heteroatoms. The number of phosphoric ester groups is 3. The molecule has 0 saturated carbocycles. The van der Waals surface area contributed by atoms with Gasteiger partial charge in [0.05, 0.1) is 23.5 Å². The molecule has 114 valence electrons. The third kappa shape index (κ3) is 59.8. The van der Waals surface area contributed by atoms with Crippen LogP contribution in [0.15, 0.2) is 0 Å². The predicted molar refractivity (Wildman–Crippen MR) is 43.8 cm³/mol. The van der Waals surface area contributed by atoms with Gasteiger partial charge >= 0.3 is 48.1 Å². The Morgan fingerprint density at radius 2 is 0.650 bits per heavy atom. The first-order valence-electron chi connectivity index (χ1n) is 3.42. The van der Waals surface area contributed by atoms with Crippen molar-refractivity contribution in [3.05, 3.63) is 0 Å². The third-order valence-corrected chi connectivity index (χ3v) is 2.01. The van der Waals surface area contributed by atoms with Crippen LogP contribution in [0.2, 0.25) is 0 Å². The fourth-order valence-corrected chi connectivity index (χ4v) is 0. The second-order valence-electron chi connectivity index (χ2n) is 1.89. The maximum atomic E-state index is 9.25. The molecule has 0 unspecified atom stereocenters. The van der Waals surface area contributed by atoms with Gasteiger partial charge < -0.3 is 56.6 Å². The summed E-state index contributed by atoms with van der Waals surface area (Å²) in [4.78, 5) is 55.5. The van der Waals surface area contributed by atoms with Gasteiger partial charge in [0.25, 0.3) is 0 Å². The van der Waals surface area contributed by atoms with Crippen LogP contribution in [0.5, 0.6) is 0 Å². The van der Waals surface area contributed by atoms with Gasteiger partial charge in [0.15, 0.2) is 0 Å². The summed E-state index contributed by atoms with van der Waals surface area (Å²) in [6.45, 7) is 0. The van der Waals surface area contributed by atoms with Gasteiger partial charge in [0.2, 0.25) is 0 Å². The second kappa shape index (κ2) is 15.8. The van der Waals surface area contributed by atoms with E-state index in [1.165, 1.54) is 0 Å². The smallest absolute Gasteiger partial charge is 0.790 e. The van der Waals surface area contributed by atoms with Crippen LogP contribution >= 0.6 is 23.5 Å². The summed E-state index contributed by atoms with van der Waals surface area (Å²) < 4.78 is 37.9. The van der Waals surface area contributed by atoms with Gasteiger partial charge in [-0.3, -0.25) is 0 Å². The van der Waals surface area contributed by atoms with E-state index in [0.29, 0.717) is 0 Å². The minimum atomic E-state index is -4.65. The van der Waals surface area contributed by atoms with Crippen molar-refractivity contribution < 1.29 is 105 Å². The van der Waals surface area contributed by atoms with E-state index in [1.54, 1.807) is 0 Å². The molecule has 0 saturated heterocycles. The summed E-state index contributed by atoms with van der Waals surface area (Å²) in [7, 11) is -11.5. The molecule has 0 aromatic heterocycles. The van der Waals surface area contributed by atoms with Crippen molar-refractivity contribution in [3.8, 4) is 0 Å². The summed E-state index contributed by atoms with van der Waals surface area (Å²) in [6.07, 6.45) is 0. The molecule has 0 atom stereocenters. The van der Waals surface area contributed by atoms with Gasteiger partial charge in [-0.05, 0) is 0 Å². The van der Waals surface area contributed by atoms with Gasteiger partial charge in [-0.2, -0.15) is 0 Å². The van der Waals surface area contributed by atoms with Crippen molar-refractivity contribution in [3.63, 3.8) is 0 Å². The molecular weight excluding hydrogens is 395 g/mol. The number of phosphoric acid groups is 3. The van der Waals surface area contributed by atoms with Crippen molar-refractivity contribution in [2.75, 3.05) is 21.3 Å². The van der Waals surface area contributed by atoms with E-state index in [-0.39, 0.29) is 48.1 Å². The van der Waals surface area contributed by atoms with Crippen molar-refractivity contribution in [2.24, 2.45) is 0 Å². The molecule has 20 heavy (non-hydrogen) atoms. The molecule has 0 amide bonds. The fourth-order valence-electron chi connectivity index (χ4n) is 0. The van der Waals surface area contributed by atoms with Crippen LogP contribution in [0.25, 0.3) is 0 Å². The normalized spacial score (nSPS) is 10.7. The standard InChI is InChI=1S/3CH5O4P.Na.V/c3*1-5-6(2,3)4;;/h3*1H3,(H2,2,3,4);;/q;;;+1;+5/p-6. The largest absolute Gasteiger partial charge is 5.00 e. The first-order chi connectivity index (χ1) is 7.68. The van der Waals surface area contributed by atoms with Crippen LogP contribution in [0.3, 0.4) is 0 Å². The maximum Gasteiger partial charge on any atom is 5.00 e. The van der Waals surface area contributed by atoms with E-state index in [1.807, 2.05) is 0 Å². The summed E-state index contributed by atoms with van der Waals surface area (Å²) >= 11 is 0. The Hall–Kier alpha value is 1.91. The summed E-state index contributed by atoms with van der Waals surface area (Å²) in [5.41, 5.74) is 0. The molecule has 0 bridgehead atoms. The first kappa shape index (κ1) is 33.5. The Balaban J connectivity index is -0.0000000536. The topological polar surface area (TPSA) is 217 Å². The van der Waals surface area contributed by atoms with E-state index >= 15 is 0 Å². The molecule has 0 aliphatic carbocycles. The molecular formula is C3H9NaO12P3V. The molecule has 0 heterocycles. The zero-order valence-electron chi connectivity index (χ0n) is 10.7. The summed E-state index contributed by atoms with van der Waals surface area (Å²) in [6, 6.07) is 0. The van der Waals surface area contributed by atoms with Crippen LogP contribution in [0, 0.1) is 0 Å². The summed E-state index contributed by atoms with van der Waals surface area (Å²) in [5, 5.41) is 0. The van der Waals surface area contributed by atoms with Crippen LogP contribution < -0.4 is 58.9 Å². The van der Waals surface area contributed by atoms with Crippen molar-refractivity contribution in [1.82, 2.24) is 0 Å². The molecule has 0 rings (SSSR count). The van der Waals surface area contributed by atoms with E-state index in [0.717, 1.165) is 21.3 Å². The minimum absolute atomic E-state index is 0. The molecule has 0 fully saturated rings. The zero-order valence-corrected chi connectivity index (χ0v) is 16.8. The molecule has 0 radical (unpaired) electrons. The molecule has 0 N–H and O–H groups in total. The Labute approximate surface area is 149 Å². The number of rotatable bonds is 3. The van der Waals surface area contributed by atoms with E-state index in [4.69, 9.17) is 0 Å². The average molecular weight is 404 g/mol. The Morgan fingerprint density at radius 3 is 0.650 bits per heavy atom. The summed E-state index contributed by atoms with van der Waals surface area (Å²) in [5.74, 6) is 0. The van der Waals surface area contributed by atoms with Crippen molar-refractivity contribution in [1.29, 1.82) is 0 Å². The van der Waals surface area contributed by atoms with Crippen LogP contribution in [-0.2, 0) is 45.8 Å². The Kier molecular flexibility index (Phi) is 26.5. The van der Waals surface area contributed by atoms with Gasteiger partial charge in [0.1, 0.15) is 0 Å². The fraction of sp³-hybridized carbons (Fsp3) is 1.00. The quantitative estimate of drug-likeness (QED) is 0.316. The van der Waals surface area contributed by atoms with E-state index < -0.39 is 23.5 Å². The first-order valence-corrected chi connectivity index (χ1v) is 7.80. The van der Waals surface area contributed by atoms with Crippen LogP contribution in [0.4, 0.5) is 0 Å². The molecule has 0 aromatic rings. The minimum Gasteiger partial charge on any atom is -0.790 e. The van der Waals surface area contributed by atoms with Gasteiger partial charge in [-0.25, -0.2) is 0 Å². The average Bonchev–Trinajstić information content (AvgIpc) is 2.16. The third-order valence-electron chi connectivity index (χ3n) is 0.671. The van der Waals surface area contributed by atoms with Gasteiger partial charge in [0, 0.05) is 21.3 Å². The van der Waals surface area contributed by atoms with E-state index in [9.17, 15) is 43.1 Å². The van der Waals surface area contributed by atoms with Crippen LogP contribution in [-0.4, -0.2) is 21.3 Å². The Bertz CT molecular complexity index is 279. The molecule has 0 spiro atoms. The van der Waals surface area contributed by atoms with Crippen molar-refractivity contribution >= 4 is 23.5 Å². The van der Waals surface area contributed by atoms with Crippen LogP contribution in [0.1, 0.15) is 0 Å². The van der Waals surface area contributed by atoms with Crippen molar-refractivity contribution in [2.45, 2.75) is 0 Å². The zero-order chi connectivity index (χ0) is 15.6. The van der Waals surface area contributed by atoms with Gasteiger partial charge in [-0.15, -0.1) is 0 Å². The van der Waals surface area contributed by atoms with E-state index in [2.05, 4.69) is 13.6 Å². The molecule has 12 nitrogen and oxygen atoms in total. The SMILES string of the molecule is COP(=O)([O-])[O-].COP(=O)([O-])[O-].COP(=O)([O-])[O-].[Na+].[V+5]. The monoisotopic (exact) mass is 404 g/mol. The molecule has 0 aromatic carbocycles. The number of hydrogen-bond donors (Lipinski definition) is 0. The molecule has 0 aliphatic rings. The Morgan fingerprint density at radius 1 is 0.600 bits per heavy atom.